The molecule has 8 rings (SSSR count). The number of fused-ring (bicyclic) bond motifs is 2. The van der Waals surface area contributed by atoms with Crippen molar-refractivity contribution >= 4 is 28.0 Å². The maximum Gasteiger partial charge on any atom is 0.438 e. The molecule has 2 aromatic carbocycles. The van der Waals surface area contributed by atoms with Gasteiger partial charge in [0.25, 0.3) is 10.1 Å². The Morgan fingerprint density at radius 1 is 0.878 bits per heavy atom. The quantitative estimate of drug-likeness (QED) is 0.242. The number of amides is 1. The van der Waals surface area contributed by atoms with Crippen LogP contribution in [0.15, 0.2) is 48.5 Å². The highest BCUT2D eigenvalue weighted by molar-refractivity contribution is 7.85. The van der Waals surface area contributed by atoms with Crippen molar-refractivity contribution in [2.45, 2.75) is 74.7 Å². The van der Waals surface area contributed by atoms with Crippen LogP contribution in [0.25, 0.3) is 0 Å². The fraction of sp³-hybridized carbons (Fsp3) is 0.545. The lowest BCUT2D eigenvalue weighted by Gasteiger charge is -2.45. The van der Waals surface area contributed by atoms with E-state index in [1.54, 1.807) is 13.8 Å². The van der Waals surface area contributed by atoms with Crippen LogP contribution in [0, 0.1) is 29.6 Å². The highest BCUT2D eigenvalue weighted by Gasteiger charge is 2.78. The van der Waals surface area contributed by atoms with Crippen molar-refractivity contribution in [1.29, 1.82) is 0 Å². The lowest BCUT2D eigenvalue weighted by atomic mass is 9.59. The van der Waals surface area contributed by atoms with E-state index in [1.807, 2.05) is 48.5 Å². The van der Waals surface area contributed by atoms with E-state index < -0.39 is 105 Å². The third-order valence-corrected chi connectivity index (χ3v) is 11.9. The van der Waals surface area contributed by atoms with Crippen LogP contribution in [0.1, 0.15) is 60.8 Å². The first kappa shape index (κ1) is 33.8. The number of carbonyl (C=O) groups is 3. The van der Waals surface area contributed by atoms with Gasteiger partial charge in [0.15, 0.2) is 0 Å². The minimum Gasteiger partial charge on any atom is -0.460 e. The molecule has 1 aliphatic heterocycles. The number of hydrogen-bond acceptors (Lipinski definition) is 7. The van der Waals surface area contributed by atoms with E-state index in [2.05, 4.69) is 4.74 Å². The van der Waals surface area contributed by atoms with E-state index >= 15 is 0 Å². The smallest absolute Gasteiger partial charge is 0.438 e. The second kappa shape index (κ2) is 10.9. The fourth-order valence-electron chi connectivity index (χ4n) is 9.48. The lowest BCUT2D eigenvalue weighted by molar-refractivity contribution is -0.362. The van der Waals surface area contributed by atoms with E-state index in [-0.39, 0.29) is 12.3 Å². The summed E-state index contributed by atoms with van der Waals surface area (Å²) in [4.78, 5) is 42.7. The van der Waals surface area contributed by atoms with Gasteiger partial charge in [-0.25, -0.2) is 0 Å². The minimum absolute atomic E-state index is 0.0340. The molecule has 4 bridgehead atoms. The van der Waals surface area contributed by atoms with Crippen LogP contribution in [0.3, 0.4) is 0 Å². The van der Waals surface area contributed by atoms with Gasteiger partial charge in [0, 0.05) is 23.8 Å². The fourth-order valence-corrected chi connectivity index (χ4v) is 10.4. The second-order valence-electron chi connectivity index (χ2n) is 13.9. The number of halogens is 6. The van der Waals surface area contributed by atoms with Gasteiger partial charge >= 0.3 is 29.9 Å². The van der Waals surface area contributed by atoms with E-state index in [9.17, 15) is 49.1 Å². The Morgan fingerprint density at radius 3 is 1.90 bits per heavy atom. The Kier molecular flexibility index (Phi) is 7.54. The molecule has 264 valence electrons. The highest BCUT2D eigenvalue weighted by Crippen LogP contribution is 2.62. The average Bonchev–Trinajstić information content (AvgIpc) is 3.62. The van der Waals surface area contributed by atoms with Crippen molar-refractivity contribution in [2.24, 2.45) is 29.6 Å². The molecule has 3 fully saturated rings. The van der Waals surface area contributed by atoms with Gasteiger partial charge in [0.05, 0.1) is 23.8 Å². The van der Waals surface area contributed by atoms with Crippen molar-refractivity contribution in [3.63, 3.8) is 0 Å². The van der Waals surface area contributed by atoms with Gasteiger partial charge in [-0.1, -0.05) is 48.5 Å². The zero-order chi connectivity index (χ0) is 35.6. The number of nitrogens with zero attached hydrogens (tertiary/aromatic N) is 1. The van der Waals surface area contributed by atoms with Crippen LogP contribution in [-0.2, 0) is 34.0 Å². The Labute approximate surface area is 276 Å². The van der Waals surface area contributed by atoms with Crippen molar-refractivity contribution in [1.82, 2.24) is 4.90 Å². The second-order valence-corrected chi connectivity index (χ2v) is 15.4. The summed E-state index contributed by atoms with van der Waals surface area (Å²) in [5.74, 6) is -13.0. The van der Waals surface area contributed by atoms with Gasteiger partial charge in [0.1, 0.15) is 11.9 Å². The molecule has 9 nitrogen and oxygen atoms in total. The molecule has 0 spiro atoms. The zero-order valence-corrected chi connectivity index (χ0v) is 26.8. The van der Waals surface area contributed by atoms with Crippen molar-refractivity contribution in [3.8, 4) is 0 Å². The van der Waals surface area contributed by atoms with Crippen LogP contribution in [0.4, 0.5) is 26.3 Å². The molecular weight excluding hydrogens is 684 g/mol. The summed E-state index contributed by atoms with van der Waals surface area (Å²) >= 11 is 0. The summed E-state index contributed by atoms with van der Waals surface area (Å²) in [6.45, 7) is 3.28. The third-order valence-electron chi connectivity index (χ3n) is 11.2. The first-order valence-corrected chi connectivity index (χ1v) is 17.4. The molecule has 1 amide bonds. The highest BCUT2D eigenvalue weighted by atomic mass is 32.2. The predicted octanol–water partition coefficient (Wildman–Crippen LogP) is 4.99. The molecule has 1 saturated heterocycles. The summed E-state index contributed by atoms with van der Waals surface area (Å²) in [6.07, 6.45) is -14.0. The van der Waals surface area contributed by atoms with Gasteiger partial charge in [-0.2, -0.15) is 34.8 Å². The van der Waals surface area contributed by atoms with Crippen LogP contribution in [0.2, 0.25) is 0 Å². The van der Waals surface area contributed by atoms with Crippen LogP contribution in [0.5, 0.6) is 0 Å². The molecular formula is C33H31F6NO8S. The maximum atomic E-state index is 14.2. The first-order chi connectivity index (χ1) is 22.8. The normalized spacial score (nSPS) is 31.6. The van der Waals surface area contributed by atoms with Gasteiger partial charge < -0.3 is 14.4 Å². The number of rotatable bonds is 7. The monoisotopic (exact) mass is 715 g/mol. The number of ether oxygens (including phenoxy) is 2. The summed E-state index contributed by atoms with van der Waals surface area (Å²) in [7, 11) is -6.02. The number of esters is 2. The molecule has 5 aliphatic carbocycles. The molecule has 6 aliphatic rings. The Bertz CT molecular complexity index is 1780. The maximum absolute atomic E-state index is 14.2. The topological polar surface area (TPSA) is 127 Å². The molecule has 2 saturated carbocycles. The Balaban J connectivity index is 1.23. The third kappa shape index (κ3) is 4.90. The molecule has 0 radical (unpaired) electrons. The number of benzene rings is 2. The van der Waals surface area contributed by atoms with Crippen LogP contribution < -0.4 is 0 Å². The molecule has 49 heavy (non-hydrogen) atoms. The zero-order valence-electron chi connectivity index (χ0n) is 25.9. The van der Waals surface area contributed by atoms with E-state index in [0.29, 0.717) is 6.42 Å². The SMILES string of the molecule is CC(C)N1C(=O)C2C3CC(C(OC(=O)C4CC5c6ccccc6C4c4ccccc45)C31)C2C(=O)OC(CS(=O)(=O)O)(C(F)(F)F)C(F)(F)F. The lowest BCUT2D eigenvalue weighted by Crippen LogP contribution is -2.64. The van der Waals surface area contributed by atoms with Crippen molar-refractivity contribution in [3.05, 3.63) is 70.8 Å². The van der Waals surface area contributed by atoms with Crippen LogP contribution in [-0.4, -0.2) is 77.6 Å². The molecule has 2 aromatic rings. The Morgan fingerprint density at radius 2 is 1.41 bits per heavy atom. The predicted molar refractivity (Wildman–Crippen MR) is 156 cm³/mol. The first-order valence-electron chi connectivity index (χ1n) is 15.8. The molecule has 7 unspecified atom stereocenters. The van der Waals surface area contributed by atoms with E-state index in [4.69, 9.17) is 9.29 Å². The molecule has 0 aromatic heterocycles. The van der Waals surface area contributed by atoms with Crippen LogP contribution >= 0.6 is 0 Å². The Hall–Kier alpha value is -3.66. The van der Waals surface area contributed by atoms with E-state index in [0.717, 1.165) is 22.3 Å². The largest absolute Gasteiger partial charge is 0.460 e. The van der Waals surface area contributed by atoms with Gasteiger partial charge in [-0.05, 0) is 54.9 Å². The molecule has 1 heterocycles. The minimum atomic E-state index is -6.53. The standard InChI is InChI=1S/C33H31F6NO8S/c1-14(2)40-26-20-12-21(25(24(20)28(40)41)30(43)48-31(32(34,35)36,33(37,38)39)13-49(44,45)46)27(26)47-29(42)22-11-19-15-7-3-5-9-17(15)23(22)18-10-6-4-8-16(18)19/h3-10,14,19-27H,11-13H2,1-2H3,(H,44,45,46). The summed E-state index contributed by atoms with van der Waals surface area (Å²) in [5.41, 5.74) is -1.63. The summed E-state index contributed by atoms with van der Waals surface area (Å²) in [6, 6.07) is 14.0. The number of likely N-dealkylation sites (tertiary alicyclic amines) is 1. The number of carbonyl (C=O) groups excluding carboxylic acids is 3. The number of hydrogen-bond donors (Lipinski definition) is 1. The van der Waals surface area contributed by atoms with Crippen molar-refractivity contribution in [2.75, 3.05) is 5.75 Å². The van der Waals surface area contributed by atoms with Gasteiger partial charge in [-0.3, -0.25) is 18.9 Å². The van der Waals surface area contributed by atoms with E-state index in [1.165, 1.54) is 4.90 Å². The van der Waals surface area contributed by atoms with Crippen molar-refractivity contribution < 1.29 is 63.2 Å². The molecule has 16 heteroatoms. The summed E-state index contributed by atoms with van der Waals surface area (Å²) < 4.78 is 127. The molecule has 1 N–H and O–H groups in total. The van der Waals surface area contributed by atoms with Gasteiger partial charge in [0.2, 0.25) is 5.91 Å². The molecule has 7 atom stereocenters. The number of alkyl halides is 6. The average molecular weight is 716 g/mol. The van der Waals surface area contributed by atoms with Gasteiger partial charge in [-0.15, -0.1) is 0 Å². The summed E-state index contributed by atoms with van der Waals surface area (Å²) in [5, 5.41) is 0.